The molecule has 6 heteroatoms. The second kappa shape index (κ2) is 5.54. The van der Waals surface area contributed by atoms with Crippen LogP contribution in [0.3, 0.4) is 0 Å². The number of nitrogens with two attached hydrogens (primary N) is 1. The third-order valence-corrected chi connectivity index (χ3v) is 4.51. The molecule has 122 valence electrons. The van der Waals surface area contributed by atoms with Gasteiger partial charge in [-0.2, -0.15) is 0 Å². The highest BCUT2D eigenvalue weighted by Gasteiger charge is 2.59. The monoisotopic (exact) mass is 316 g/mol. The first-order chi connectivity index (χ1) is 11.2. The van der Waals surface area contributed by atoms with E-state index in [0.717, 1.165) is 29.7 Å². The molecule has 3 aliphatic rings. The quantitative estimate of drug-likeness (QED) is 0.816. The second-order valence-electron chi connectivity index (χ2n) is 6.18. The Morgan fingerprint density at radius 3 is 3.17 bits per heavy atom. The van der Waals surface area contributed by atoms with E-state index < -0.39 is 0 Å². The highest BCUT2D eigenvalue weighted by molar-refractivity contribution is 6.10. The summed E-state index contributed by atoms with van der Waals surface area (Å²) in [6, 6.07) is 5.30. The standard InChI is InChI=1S/C17H20N2O4/c18-16(23-15-9-17(15)10-21-5-6-22-17)8-14-13-2-1-12(20)7-11(13)3-4-19-14/h1-2,7-8,15,20H,3-6,9-10,18H2/b16-8+. The van der Waals surface area contributed by atoms with Crippen molar-refractivity contribution in [3.05, 3.63) is 41.3 Å². The minimum Gasteiger partial charge on any atom is -0.508 e. The van der Waals surface area contributed by atoms with E-state index in [1.54, 1.807) is 18.2 Å². The summed E-state index contributed by atoms with van der Waals surface area (Å²) in [5.41, 5.74) is 8.58. The Morgan fingerprint density at radius 1 is 1.43 bits per heavy atom. The molecule has 1 aliphatic carbocycles. The highest BCUT2D eigenvalue weighted by Crippen LogP contribution is 2.45. The molecule has 2 fully saturated rings. The van der Waals surface area contributed by atoms with Crippen LogP contribution in [0.1, 0.15) is 17.5 Å². The summed E-state index contributed by atoms with van der Waals surface area (Å²) in [4.78, 5) is 4.51. The molecule has 0 aromatic heterocycles. The van der Waals surface area contributed by atoms with Gasteiger partial charge in [0.25, 0.3) is 0 Å². The van der Waals surface area contributed by atoms with Gasteiger partial charge in [-0.3, -0.25) is 4.99 Å². The molecule has 1 saturated carbocycles. The number of fused-ring (bicyclic) bond motifs is 1. The van der Waals surface area contributed by atoms with E-state index in [-0.39, 0.29) is 17.5 Å². The first-order valence-electron chi connectivity index (χ1n) is 7.89. The zero-order valence-electron chi connectivity index (χ0n) is 12.8. The van der Waals surface area contributed by atoms with Crippen LogP contribution in [0.4, 0.5) is 0 Å². The van der Waals surface area contributed by atoms with Gasteiger partial charge in [0.15, 0.2) is 5.88 Å². The average Bonchev–Trinajstić information content (AvgIpc) is 3.18. The summed E-state index contributed by atoms with van der Waals surface area (Å²) in [5.74, 6) is 0.605. The molecule has 2 unspecified atom stereocenters. The van der Waals surface area contributed by atoms with E-state index in [1.165, 1.54) is 0 Å². The van der Waals surface area contributed by atoms with E-state index in [9.17, 15) is 5.11 Å². The van der Waals surface area contributed by atoms with Crippen LogP contribution in [-0.4, -0.2) is 48.9 Å². The van der Waals surface area contributed by atoms with E-state index in [0.29, 0.717) is 32.2 Å². The molecule has 1 saturated heterocycles. The van der Waals surface area contributed by atoms with Crippen molar-refractivity contribution in [2.24, 2.45) is 10.7 Å². The van der Waals surface area contributed by atoms with Gasteiger partial charge in [0.2, 0.25) is 0 Å². The van der Waals surface area contributed by atoms with Crippen molar-refractivity contribution in [2.45, 2.75) is 24.5 Å². The number of hydrogen-bond acceptors (Lipinski definition) is 6. The predicted molar refractivity (Wildman–Crippen MR) is 84.5 cm³/mol. The summed E-state index contributed by atoms with van der Waals surface area (Å²) in [6.07, 6.45) is 3.32. The molecule has 3 N–H and O–H groups in total. The van der Waals surface area contributed by atoms with Crippen LogP contribution < -0.4 is 5.73 Å². The van der Waals surface area contributed by atoms with Gasteiger partial charge in [0, 0.05) is 24.6 Å². The van der Waals surface area contributed by atoms with Gasteiger partial charge in [0.05, 0.1) is 25.5 Å². The normalized spacial score (nSPS) is 29.8. The maximum absolute atomic E-state index is 9.59. The molecule has 0 amide bonds. The van der Waals surface area contributed by atoms with E-state index in [1.807, 2.05) is 6.07 Å². The van der Waals surface area contributed by atoms with Gasteiger partial charge in [0.1, 0.15) is 17.5 Å². The molecule has 23 heavy (non-hydrogen) atoms. The summed E-state index contributed by atoms with van der Waals surface area (Å²) >= 11 is 0. The molecule has 1 spiro atoms. The van der Waals surface area contributed by atoms with Gasteiger partial charge < -0.3 is 25.1 Å². The Labute approximate surface area is 134 Å². The summed E-state index contributed by atoms with van der Waals surface area (Å²) < 4.78 is 17.0. The number of allylic oxidation sites excluding steroid dienone is 1. The topological polar surface area (TPSA) is 86.3 Å². The van der Waals surface area contributed by atoms with Crippen LogP contribution in [0, 0.1) is 0 Å². The molecule has 2 atom stereocenters. The Hall–Kier alpha value is -2.05. The zero-order chi connectivity index (χ0) is 15.9. The maximum atomic E-state index is 9.59. The molecule has 4 rings (SSSR count). The lowest BCUT2D eigenvalue weighted by Crippen LogP contribution is -2.34. The number of phenols is 1. The molecule has 1 aromatic rings. The van der Waals surface area contributed by atoms with Crippen molar-refractivity contribution >= 4 is 5.71 Å². The Bertz CT molecular complexity index is 677. The SMILES string of the molecule is N/C(=C\C1=NCCc2cc(O)ccc21)OC1CC12COCCO2. The number of phenolic OH excluding ortho intramolecular Hbond substituents is 1. The first-order valence-corrected chi connectivity index (χ1v) is 7.89. The Balaban J connectivity index is 1.47. The van der Waals surface area contributed by atoms with Crippen molar-refractivity contribution in [3.8, 4) is 5.75 Å². The van der Waals surface area contributed by atoms with Crippen molar-refractivity contribution in [1.82, 2.24) is 0 Å². The second-order valence-corrected chi connectivity index (χ2v) is 6.18. The zero-order valence-corrected chi connectivity index (χ0v) is 12.8. The number of nitrogens with zero attached hydrogens (tertiary/aromatic N) is 1. The largest absolute Gasteiger partial charge is 0.508 e. The fourth-order valence-electron chi connectivity index (χ4n) is 3.17. The van der Waals surface area contributed by atoms with Crippen LogP contribution in [-0.2, 0) is 20.6 Å². The Morgan fingerprint density at radius 2 is 2.35 bits per heavy atom. The molecule has 0 radical (unpaired) electrons. The lowest BCUT2D eigenvalue weighted by molar-refractivity contribution is -0.122. The van der Waals surface area contributed by atoms with Crippen LogP contribution in [0.25, 0.3) is 0 Å². The van der Waals surface area contributed by atoms with Crippen LogP contribution in [0.5, 0.6) is 5.75 Å². The minimum atomic E-state index is -0.311. The maximum Gasteiger partial charge on any atom is 0.186 e. The van der Waals surface area contributed by atoms with Gasteiger partial charge in [-0.05, 0) is 30.2 Å². The number of hydrogen-bond donors (Lipinski definition) is 2. The third-order valence-electron chi connectivity index (χ3n) is 4.51. The van der Waals surface area contributed by atoms with E-state index in [2.05, 4.69) is 4.99 Å². The average molecular weight is 316 g/mol. The van der Waals surface area contributed by atoms with E-state index >= 15 is 0 Å². The van der Waals surface area contributed by atoms with Crippen molar-refractivity contribution < 1.29 is 19.3 Å². The Kier molecular flexibility index (Phi) is 3.50. The molecule has 0 bridgehead atoms. The van der Waals surface area contributed by atoms with Gasteiger partial charge in [-0.15, -0.1) is 0 Å². The smallest absolute Gasteiger partial charge is 0.186 e. The molecule has 6 nitrogen and oxygen atoms in total. The van der Waals surface area contributed by atoms with Crippen molar-refractivity contribution in [2.75, 3.05) is 26.4 Å². The number of ether oxygens (including phenoxy) is 3. The van der Waals surface area contributed by atoms with Crippen molar-refractivity contribution in [1.29, 1.82) is 0 Å². The summed E-state index contributed by atoms with van der Waals surface area (Å²) in [6.45, 7) is 2.49. The molecule has 2 heterocycles. The minimum absolute atomic E-state index is 0.0532. The molecular formula is C17H20N2O4. The molecular weight excluding hydrogens is 296 g/mol. The number of aromatic hydroxyl groups is 1. The van der Waals surface area contributed by atoms with Gasteiger partial charge in [-0.25, -0.2) is 0 Å². The number of aliphatic imine (C=N–C) groups is 1. The highest BCUT2D eigenvalue weighted by atomic mass is 16.6. The summed E-state index contributed by atoms with van der Waals surface area (Å²) in [7, 11) is 0. The van der Waals surface area contributed by atoms with Crippen LogP contribution in [0.15, 0.2) is 35.2 Å². The van der Waals surface area contributed by atoms with Gasteiger partial charge in [-0.1, -0.05) is 0 Å². The number of benzene rings is 1. The fourth-order valence-corrected chi connectivity index (χ4v) is 3.17. The van der Waals surface area contributed by atoms with Crippen molar-refractivity contribution in [3.63, 3.8) is 0 Å². The third kappa shape index (κ3) is 2.80. The van der Waals surface area contributed by atoms with Crippen LogP contribution in [0.2, 0.25) is 0 Å². The lowest BCUT2D eigenvalue weighted by Gasteiger charge is -2.23. The van der Waals surface area contributed by atoms with Crippen LogP contribution >= 0.6 is 0 Å². The first kappa shape index (κ1) is 14.5. The fraction of sp³-hybridized carbons (Fsp3) is 0.471. The molecule has 2 aliphatic heterocycles. The van der Waals surface area contributed by atoms with Gasteiger partial charge >= 0.3 is 0 Å². The van der Waals surface area contributed by atoms with E-state index in [4.69, 9.17) is 19.9 Å². The molecule has 1 aromatic carbocycles. The number of rotatable bonds is 3. The lowest BCUT2D eigenvalue weighted by atomic mass is 9.97. The predicted octanol–water partition coefficient (Wildman–Crippen LogP) is 1.11. The summed E-state index contributed by atoms with van der Waals surface area (Å²) in [5, 5.41) is 9.59.